The van der Waals surface area contributed by atoms with Crippen LogP contribution in [0.1, 0.15) is 13.8 Å². The van der Waals surface area contributed by atoms with Gasteiger partial charge in [0.15, 0.2) is 0 Å². The van der Waals surface area contributed by atoms with E-state index in [0.29, 0.717) is 13.1 Å². The molecule has 0 spiro atoms. The fourth-order valence-electron chi connectivity index (χ4n) is 4.25. The van der Waals surface area contributed by atoms with E-state index in [0.717, 1.165) is 33.1 Å². The second-order valence-electron chi connectivity index (χ2n) is 7.56. The molecule has 4 nitrogen and oxygen atoms in total. The Kier molecular flexibility index (Phi) is 5.63. The molecule has 1 aromatic heterocycles. The Morgan fingerprint density at radius 2 is 1.48 bits per heavy atom. The Hall–Kier alpha value is -0.920. The second-order valence-corrected chi connectivity index (χ2v) is 9.39. The van der Waals surface area contributed by atoms with Gasteiger partial charge < -0.3 is 14.4 Å². The van der Waals surface area contributed by atoms with Gasteiger partial charge in [-0.15, -0.1) is 0 Å². The van der Waals surface area contributed by atoms with Crippen LogP contribution in [0.3, 0.4) is 0 Å². The fourth-order valence-corrected chi connectivity index (χ4v) is 4.97. The maximum Gasteiger partial charge on any atom is 0.0846 e. The Balaban J connectivity index is 1.64. The lowest BCUT2D eigenvalue weighted by Gasteiger charge is -2.36. The van der Waals surface area contributed by atoms with Crippen molar-refractivity contribution in [3.05, 3.63) is 45.3 Å². The number of aliphatic hydroxyl groups is 1. The zero-order chi connectivity index (χ0) is 19.1. The molecule has 3 aromatic rings. The van der Waals surface area contributed by atoms with E-state index in [2.05, 4.69) is 91.6 Å². The number of ether oxygens (including phenoxy) is 1. The minimum Gasteiger partial charge on any atom is -0.390 e. The molecule has 1 aliphatic rings. The molecule has 1 N–H and O–H groups in total. The zero-order valence-corrected chi connectivity index (χ0v) is 18.7. The van der Waals surface area contributed by atoms with Crippen molar-refractivity contribution in [2.24, 2.45) is 0 Å². The van der Waals surface area contributed by atoms with Gasteiger partial charge in [-0.25, -0.2) is 0 Å². The molecule has 1 aliphatic heterocycles. The predicted molar refractivity (Wildman–Crippen MR) is 117 cm³/mol. The van der Waals surface area contributed by atoms with E-state index >= 15 is 0 Å². The number of fused-ring (bicyclic) bond motifs is 3. The monoisotopic (exact) mass is 494 g/mol. The Bertz CT molecular complexity index is 902. The van der Waals surface area contributed by atoms with Crippen LogP contribution in [-0.2, 0) is 11.3 Å². The van der Waals surface area contributed by atoms with E-state index < -0.39 is 6.10 Å². The number of hydrogen-bond donors (Lipinski definition) is 1. The molecule has 1 fully saturated rings. The first-order valence-electron chi connectivity index (χ1n) is 9.33. The van der Waals surface area contributed by atoms with Crippen molar-refractivity contribution in [3.8, 4) is 0 Å². The largest absolute Gasteiger partial charge is 0.390 e. The van der Waals surface area contributed by atoms with E-state index in [1.807, 2.05) is 0 Å². The highest BCUT2D eigenvalue weighted by Gasteiger charge is 2.24. The lowest BCUT2D eigenvalue weighted by molar-refractivity contribution is -0.0771. The topological polar surface area (TPSA) is 37.6 Å². The van der Waals surface area contributed by atoms with Crippen molar-refractivity contribution in [1.82, 2.24) is 9.47 Å². The van der Waals surface area contributed by atoms with E-state index in [-0.39, 0.29) is 12.2 Å². The van der Waals surface area contributed by atoms with Gasteiger partial charge in [-0.1, -0.05) is 31.9 Å². The first-order valence-corrected chi connectivity index (χ1v) is 10.9. The number of nitrogens with zero attached hydrogens (tertiary/aromatic N) is 2. The average molecular weight is 496 g/mol. The summed E-state index contributed by atoms with van der Waals surface area (Å²) in [5.41, 5.74) is 2.29. The summed E-state index contributed by atoms with van der Waals surface area (Å²) < 4.78 is 10.2. The molecule has 1 saturated heterocycles. The summed E-state index contributed by atoms with van der Waals surface area (Å²) in [5.74, 6) is 0. The molecule has 2 heterocycles. The summed E-state index contributed by atoms with van der Waals surface area (Å²) in [6.45, 7) is 7.16. The quantitative estimate of drug-likeness (QED) is 0.565. The third kappa shape index (κ3) is 4.10. The van der Waals surface area contributed by atoms with Crippen molar-refractivity contribution in [2.75, 3.05) is 19.6 Å². The summed E-state index contributed by atoms with van der Waals surface area (Å²) >= 11 is 7.17. The molecular formula is C21H24Br2N2O2. The number of aromatic nitrogens is 1. The normalized spacial score (nSPS) is 22.6. The van der Waals surface area contributed by atoms with Crippen LogP contribution in [0.4, 0.5) is 0 Å². The molecule has 4 rings (SSSR count). The Morgan fingerprint density at radius 1 is 0.963 bits per heavy atom. The molecule has 144 valence electrons. The highest BCUT2D eigenvalue weighted by Crippen LogP contribution is 2.33. The highest BCUT2D eigenvalue weighted by molar-refractivity contribution is 9.10. The van der Waals surface area contributed by atoms with Gasteiger partial charge in [0.2, 0.25) is 0 Å². The summed E-state index contributed by atoms with van der Waals surface area (Å²) in [6, 6.07) is 12.7. The second kappa shape index (κ2) is 7.84. The fraction of sp³-hybridized carbons (Fsp3) is 0.429. The molecule has 2 aromatic carbocycles. The van der Waals surface area contributed by atoms with Crippen molar-refractivity contribution < 1.29 is 9.84 Å². The van der Waals surface area contributed by atoms with Crippen LogP contribution in [0.25, 0.3) is 21.8 Å². The van der Waals surface area contributed by atoms with E-state index in [1.54, 1.807) is 0 Å². The van der Waals surface area contributed by atoms with Crippen molar-refractivity contribution in [3.63, 3.8) is 0 Å². The molecule has 0 aliphatic carbocycles. The number of β-amino-alcohol motifs (C(OH)–C–C–N with tert-alkyl or cyclic N) is 1. The summed E-state index contributed by atoms with van der Waals surface area (Å²) in [6.07, 6.45) is -0.0126. The van der Waals surface area contributed by atoms with Crippen LogP contribution in [0.5, 0.6) is 0 Å². The van der Waals surface area contributed by atoms with Crippen LogP contribution in [-0.4, -0.2) is 52.5 Å². The van der Waals surface area contributed by atoms with E-state index in [4.69, 9.17) is 4.74 Å². The van der Waals surface area contributed by atoms with Gasteiger partial charge in [-0.2, -0.15) is 0 Å². The van der Waals surface area contributed by atoms with Gasteiger partial charge >= 0.3 is 0 Å². The predicted octanol–water partition coefficient (Wildman–Crippen LogP) is 4.79. The lowest BCUT2D eigenvalue weighted by Crippen LogP contribution is -2.48. The van der Waals surface area contributed by atoms with Gasteiger partial charge in [-0.05, 0) is 50.2 Å². The van der Waals surface area contributed by atoms with Gasteiger partial charge in [0, 0.05) is 50.4 Å². The maximum atomic E-state index is 10.9. The molecule has 0 unspecified atom stereocenters. The smallest absolute Gasteiger partial charge is 0.0846 e. The van der Waals surface area contributed by atoms with Crippen LogP contribution in [0.15, 0.2) is 45.3 Å². The number of aliphatic hydroxyl groups excluding tert-OH is 1. The van der Waals surface area contributed by atoms with E-state index in [1.165, 1.54) is 10.8 Å². The number of morpholine rings is 1. The number of halogens is 2. The molecule has 0 amide bonds. The number of rotatable bonds is 4. The maximum absolute atomic E-state index is 10.9. The van der Waals surface area contributed by atoms with Crippen LogP contribution >= 0.6 is 31.9 Å². The van der Waals surface area contributed by atoms with Crippen LogP contribution in [0.2, 0.25) is 0 Å². The molecule has 0 saturated carbocycles. The minimum absolute atomic E-state index is 0.212. The molecule has 6 heteroatoms. The summed E-state index contributed by atoms with van der Waals surface area (Å²) in [4.78, 5) is 2.31. The SMILES string of the molecule is C[C@@H]1CN(C[C@H](O)Cn2c3ccc(Br)cc3c3cc(Br)ccc32)C[C@@H](C)O1. The molecule has 27 heavy (non-hydrogen) atoms. The standard InChI is InChI=1S/C21H24Br2N2O2/c1-13-9-24(10-14(2)27-13)11-17(26)12-25-20-5-3-15(22)7-18(20)19-8-16(23)4-6-21(19)25/h3-8,13-14,17,26H,9-12H2,1-2H3/t13-,14-,17+/m1/s1. The molecular weight excluding hydrogens is 472 g/mol. The van der Waals surface area contributed by atoms with Crippen molar-refractivity contribution >= 4 is 53.7 Å². The van der Waals surface area contributed by atoms with Crippen LogP contribution in [0, 0.1) is 0 Å². The first kappa shape index (κ1) is 19.4. The highest BCUT2D eigenvalue weighted by atomic mass is 79.9. The van der Waals surface area contributed by atoms with Gasteiger partial charge in [-0.3, -0.25) is 4.90 Å². The molecule has 3 atom stereocenters. The van der Waals surface area contributed by atoms with Gasteiger partial charge in [0.1, 0.15) is 0 Å². The van der Waals surface area contributed by atoms with Gasteiger partial charge in [0.05, 0.1) is 24.9 Å². The third-order valence-electron chi connectivity index (χ3n) is 5.15. The summed E-state index contributed by atoms with van der Waals surface area (Å²) in [5, 5.41) is 13.2. The van der Waals surface area contributed by atoms with Crippen molar-refractivity contribution in [2.45, 2.75) is 38.7 Å². The van der Waals surface area contributed by atoms with Crippen LogP contribution < -0.4 is 0 Å². The summed E-state index contributed by atoms with van der Waals surface area (Å²) in [7, 11) is 0. The number of benzene rings is 2. The van der Waals surface area contributed by atoms with Crippen molar-refractivity contribution in [1.29, 1.82) is 0 Å². The molecule has 0 radical (unpaired) electrons. The van der Waals surface area contributed by atoms with Gasteiger partial charge in [0.25, 0.3) is 0 Å². The zero-order valence-electron chi connectivity index (χ0n) is 15.5. The molecule has 0 bridgehead atoms. The minimum atomic E-state index is -0.436. The number of hydrogen-bond acceptors (Lipinski definition) is 3. The first-order chi connectivity index (χ1) is 12.9. The van der Waals surface area contributed by atoms with E-state index in [9.17, 15) is 5.11 Å². The average Bonchev–Trinajstić information content (AvgIpc) is 2.86. The third-order valence-corrected chi connectivity index (χ3v) is 6.13. The lowest BCUT2D eigenvalue weighted by atomic mass is 10.2. The Morgan fingerprint density at radius 3 is 2.00 bits per heavy atom. The Labute approximate surface area is 176 Å².